The fourth-order valence-corrected chi connectivity index (χ4v) is 2.79. The molecule has 5 nitrogen and oxygen atoms in total. The highest BCUT2D eigenvalue weighted by molar-refractivity contribution is 7.89. The largest absolute Gasteiger partial charge is 0.480 e. The lowest BCUT2D eigenvalue weighted by molar-refractivity contribution is -0.139. The van der Waals surface area contributed by atoms with Crippen LogP contribution >= 0.6 is 0 Å². The molecule has 0 aliphatic carbocycles. The molecule has 7 heteroatoms. The Kier molecular flexibility index (Phi) is 5.02. The van der Waals surface area contributed by atoms with Crippen LogP contribution in [-0.4, -0.2) is 25.5 Å². The van der Waals surface area contributed by atoms with Crippen LogP contribution in [0.4, 0.5) is 4.39 Å². The topological polar surface area (TPSA) is 83.5 Å². The number of rotatable bonds is 6. The Morgan fingerprint density at radius 3 is 2.53 bits per heavy atom. The fraction of sp³-hybridized carbons (Fsp3) is 0.417. The van der Waals surface area contributed by atoms with Crippen molar-refractivity contribution in [3.63, 3.8) is 0 Å². The molecule has 0 spiro atoms. The van der Waals surface area contributed by atoms with Crippen LogP contribution in [0.15, 0.2) is 29.2 Å². The Hall–Kier alpha value is -1.47. The number of nitrogens with one attached hydrogen (secondary N) is 1. The van der Waals surface area contributed by atoms with Crippen LogP contribution in [0.2, 0.25) is 0 Å². The van der Waals surface area contributed by atoms with Crippen molar-refractivity contribution in [3.05, 3.63) is 30.1 Å². The van der Waals surface area contributed by atoms with Crippen molar-refractivity contribution in [1.29, 1.82) is 0 Å². The van der Waals surface area contributed by atoms with E-state index < -0.39 is 27.9 Å². The molecule has 1 aromatic rings. The Morgan fingerprint density at radius 1 is 1.42 bits per heavy atom. The summed E-state index contributed by atoms with van der Waals surface area (Å²) in [7, 11) is -4.04. The number of carboxylic acids is 1. The van der Waals surface area contributed by atoms with Crippen molar-refractivity contribution in [2.45, 2.75) is 31.2 Å². The van der Waals surface area contributed by atoms with Gasteiger partial charge in [-0.25, -0.2) is 12.8 Å². The molecule has 19 heavy (non-hydrogen) atoms. The van der Waals surface area contributed by atoms with Crippen molar-refractivity contribution in [2.24, 2.45) is 5.92 Å². The van der Waals surface area contributed by atoms with Gasteiger partial charge in [-0.1, -0.05) is 19.9 Å². The molecule has 2 N–H and O–H groups in total. The summed E-state index contributed by atoms with van der Waals surface area (Å²) in [6.45, 7) is 3.57. The van der Waals surface area contributed by atoms with Crippen molar-refractivity contribution >= 4 is 16.0 Å². The number of sulfonamides is 1. The van der Waals surface area contributed by atoms with Gasteiger partial charge < -0.3 is 5.11 Å². The number of carbonyl (C=O) groups is 1. The van der Waals surface area contributed by atoms with Gasteiger partial charge in [0.15, 0.2) is 0 Å². The first-order valence-corrected chi connectivity index (χ1v) is 7.21. The summed E-state index contributed by atoms with van der Waals surface area (Å²) in [6.07, 6.45) is 0.157. The van der Waals surface area contributed by atoms with E-state index in [0.29, 0.717) is 0 Å². The van der Waals surface area contributed by atoms with Crippen LogP contribution in [0.3, 0.4) is 0 Å². The highest BCUT2D eigenvalue weighted by Crippen LogP contribution is 2.13. The predicted octanol–water partition coefficient (Wildman–Crippen LogP) is 1.60. The van der Waals surface area contributed by atoms with Crippen LogP contribution in [0.5, 0.6) is 0 Å². The first kappa shape index (κ1) is 15.6. The number of aliphatic carboxylic acids is 1. The summed E-state index contributed by atoms with van der Waals surface area (Å²) in [5.74, 6) is -1.94. The van der Waals surface area contributed by atoms with Crippen LogP contribution in [-0.2, 0) is 14.8 Å². The Labute approximate surface area is 111 Å². The summed E-state index contributed by atoms with van der Waals surface area (Å²) in [4.78, 5) is 10.7. The van der Waals surface area contributed by atoms with Gasteiger partial charge in [0.1, 0.15) is 11.9 Å². The van der Waals surface area contributed by atoms with E-state index in [4.69, 9.17) is 5.11 Å². The lowest BCUT2D eigenvalue weighted by Crippen LogP contribution is -2.41. The molecule has 0 unspecified atom stereocenters. The van der Waals surface area contributed by atoms with Crippen LogP contribution < -0.4 is 4.72 Å². The molecule has 0 aliphatic heterocycles. The highest BCUT2D eigenvalue weighted by Gasteiger charge is 2.26. The van der Waals surface area contributed by atoms with Crippen molar-refractivity contribution in [3.8, 4) is 0 Å². The summed E-state index contributed by atoms with van der Waals surface area (Å²) >= 11 is 0. The van der Waals surface area contributed by atoms with Gasteiger partial charge in [-0.05, 0) is 30.5 Å². The minimum atomic E-state index is -4.04. The van der Waals surface area contributed by atoms with Crippen molar-refractivity contribution in [1.82, 2.24) is 4.72 Å². The van der Waals surface area contributed by atoms with Crippen LogP contribution in [0.1, 0.15) is 20.3 Å². The molecule has 106 valence electrons. The lowest BCUT2D eigenvalue weighted by atomic mass is 10.1. The van der Waals surface area contributed by atoms with Crippen molar-refractivity contribution in [2.75, 3.05) is 0 Å². The van der Waals surface area contributed by atoms with E-state index in [1.165, 1.54) is 12.1 Å². The molecular formula is C12H16FNO4S. The van der Waals surface area contributed by atoms with Gasteiger partial charge >= 0.3 is 5.97 Å². The molecule has 0 fully saturated rings. The third kappa shape index (κ3) is 4.60. The zero-order chi connectivity index (χ0) is 14.6. The molecular weight excluding hydrogens is 273 g/mol. The van der Waals surface area contributed by atoms with E-state index in [-0.39, 0.29) is 17.2 Å². The average Bonchev–Trinajstić information content (AvgIpc) is 2.27. The van der Waals surface area contributed by atoms with Crippen molar-refractivity contribution < 1.29 is 22.7 Å². The SMILES string of the molecule is CC(C)C[C@H](NS(=O)(=O)c1cccc(F)c1)C(=O)O. The number of benzene rings is 1. The van der Waals surface area contributed by atoms with E-state index in [0.717, 1.165) is 12.1 Å². The third-order valence-corrected chi connectivity index (χ3v) is 3.88. The van der Waals surface area contributed by atoms with Crippen LogP contribution in [0, 0.1) is 11.7 Å². The molecule has 1 atom stereocenters. The van der Waals surface area contributed by atoms with Gasteiger partial charge in [0.25, 0.3) is 0 Å². The fourth-order valence-electron chi connectivity index (χ4n) is 1.56. The molecule has 1 aromatic carbocycles. The molecule has 0 amide bonds. The second-order valence-electron chi connectivity index (χ2n) is 4.60. The maximum atomic E-state index is 13.0. The summed E-state index contributed by atoms with van der Waals surface area (Å²) in [5.41, 5.74) is 0. The molecule has 0 bridgehead atoms. The third-order valence-electron chi connectivity index (χ3n) is 2.41. The minimum absolute atomic E-state index is 0.0105. The smallest absolute Gasteiger partial charge is 0.321 e. The number of carboxylic acid groups (broad SMARTS) is 1. The number of hydrogen-bond acceptors (Lipinski definition) is 3. The summed E-state index contributed by atoms with van der Waals surface area (Å²) in [6, 6.07) is 3.19. The zero-order valence-corrected chi connectivity index (χ0v) is 11.4. The van der Waals surface area contributed by atoms with Gasteiger partial charge in [-0.15, -0.1) is 0 Å². The van der Waals surface area contributed by atoms with E-state index in [2.05, 4.69) is 4.72 Å². The minimum Gasteiger partial charge on any atom is -0.480 e. The van der Waals surface area contributed by atoms with E-state index in [1.54, 1.807) is 13.8 Å². The quantitative estimate of drug-likeness (QED) is 0.833. The van der Waals surface area contributed by atoms with Gasteiger partial charge in [0.05, 0.1) is 4.90 Å². The highest BCUT2D eigenvalue weighted by atomic mass is 32.2. The summed E-state index contributed by atoms with van der Waals surface area (Å²) < 4.78 is 38.9. The van der Waals surface area contributed by atoms with E-state index in [9.17, 15) is 17.6 Å². The molecule has 0 heterocycles. The molecule has 1 rings (SSSR count). The Morgan fingerprint density at radius 2 is 2.05 bits per heavy atom. The average molecular weight is 289 g/mol. The first-order chi connectivity index (χ1) is 8.72. The van der Waals surface area contributed by atoms with Gasteiger partial charge in [0.2, 0.25) is 10.0 Å². The van der Waals surface area contributed by atoms with Gasteiger partial charge in [-0.2, -0.15) is 4.72 Å². The molecule has 0 saturated carbocycles. The molecule has 0 aromatic heterocycles. The number of hydrogen-bond donors (Lipinski definition) is 2. The normalized spacial score (nSPS) is 13.5. The maximum absolute atomic E-state index is 13.0. The number of halogens is 1. The first-order valence-electron chi connectivity index (χ1n) is 5.73. The van der Waals surface area contributed by atoms with E-state index >= 15 is 0 Å². The lowest BCUT2D eigenvalue weighted by Gasteiger charge is -2.16. The van der Waals surface area contributed by atoms with Crippen LogP contribution in [0.25, 0.3) is 0 Å². The Bertz CT molecular complexity index is 557. The van der Waals surface area contributed by atoms with E-state index in [1.807, 2.05) is 0 Å². The second-order valence-corrected chi connectivity index (χ2v) is 6.31. The molecule has 0 radical (unpaired) electrons. The molecule has 0 aliphatic rings. The Balaban J connectivity index is 2.97. The molecule has 0 saturated heterocycles. The summed E-state index contributed by atoms with van der Waals surface area (Å²) in [5, 5.41) is 8.99. The maximum Gasteiger partial charge on any atom is 0.321 e. The van der Waals surface area contributed by atoms with Gasteiger partial charge in [0, 0.05) is 0 Å². The zero-order valence-electron chi connectivity index (χ0n) is 10.6. The van der Waals surface area contributed by atoms with Gasteiger partial charge in [-0.3, -0.25) is 4.79 Å². The predicted molar refractivity (Wildman–Crippen MR) is 67.6 cm³/mol. The standard InChI is InChI=1S/C12H16FNO4S/c1-8(2)6-11(12(15)16)14-19(17,18)10-5-3-4-9(13)7-10/h3-5,7-8,11,14H,6H2,1-2H3,(H,15,16)/t11-/m0/s1. The monoisotopic (exact) mass is 289 g/mol. The second kappa shape index (κ2) is 6.12.